The fraction of sp³-hybridized carbons (Fsp3) is 0.294. The summed E-state index contributed by atoms with van der Waals surface area (Å²) in [6.07, 6.45) is 1.70. The van der Waals surface area contributed by atoms with E-state index in [0.717, 1.165) is 5.56 Å². The predicted molar refractivity (Wildman–Crippen MR) is 82.0 cm³/mol. The van der Waals surface area contributed by atoms with Gasteiger partial charge in [-0.2, -0.15) is 0 Å². The molecule has 1 atom stereocenters. The quantitative estimate of drug-likeness (QED) is 0.943. The molecule has 1 aromatic carbocycles. The van der Waals surface area contributed by atoms with Crippen molar-refractivity contribution in [1.82, 2.24) is 4.90 Å². The number of halogens is 1. The van der Waals surface area contributed by atoms with Crippen LogP contribution in [0.25, 0.3) is 0 Å². The van der Waals surface area contributed by atoms with Crippen molar-refractivity contribution < 1.29 is 18.4 Å². The minimum absolute atomic E-state index is 0.0856. The van der Waals surface area contributed by atoms with Gasteiger partial charge in [0, 0.05) is 18.7 Å². The van der Waals surface area contributed by atoms with E-state index in [-0.39, 0.29) is 18.2 Å². The summed E-state index contributed by atoms with van der Waals surface area (Å²) in [5.41, 5.74) is 1.21. The van der Waals surface area contributed by atoms with Gasteiger partial charge in [-0.3, -0.25) is 9.59 Å². The van der Waals surface area contributed by atoms with Crippen molar-refractivity contribution in [2.45, 2.75) is 19.9 Å². The van der Waals surface area contributed by atoms with Crippen molar-refractivity contribution in [2.75, 3.05) is 11.9 Å². The summed E-state index contributed by atoms with van der Waals surface area (Å²) >= 11 is 0. The number of anilines is 1. The van der Waals surface area contributed by atoms with Gasteiger partial charge >= 0.3 is 0 Å². The molecule has 1 aromatic heterocycles. The van der Waals surface area contributed by atoms with Gasteiger partial charge in [-0.25, -0.2) is 4.39 Å². The van der Waals surface area contributed by atoms with Crippen molar-refractivity contribution in [3.63, 3.8) is 0 Å². The molecular weight excluding hydrogens is 299 g/mol. The van der Waals surface area contributed by atoms with E-state index in [1.54, 1.807) is 36.3 Å². The summed E-state index contributed by atoms with van der Waals surface area (Å²) in [5.74, 6) is -0.528. The Labute approximate surface area is 133 Å². The fourth-order valence-corrected chi connectivity index (χ4v) is 2.65. The Balaban J connectivity index is 1.64. The fourth-order valence-electron chi connectivity index (χ4n) is 2.65. The minimum Gasteiger partial charge on any atom is -0.467 e. The molecule has 0 radical (unpaired) electrons. The van der Waals surface area contributed by atoms with E-state index in [0.29, 0.717) is 24.5 Å². The van der Waals surface area contributed by atoms with Gasteiger partial charge in [0.05, 0.1) is 18.7 Å². The zero-order valence-corrected chi connectivity index (χ0v) is 12.7. The molecule has 3 rings (SSSR count). The molecule has 2 aromatic rings. The Kier molecular flexibility index (Phi) is 4.14. The molecule has 0 saturated carbocycles. The third kappa shape index (κ3) is 3.41. The normalized spacial score (nSPS) is 17.6. The number of likely N-dealkylation sites (tertiary alicyclic amines) is 1. The maximum atomic E-state index is 13.3. The molecule has 0 spiro atoms. The summed E-state index contributed by atoms with van der Waals surface area (Å²) in [6, 6.07) is 7.78. The summed E-state index contributed by atoms with van der Waals surface area (Å²) in [4.78, 5) is 26.0. The number of nitrogens with one attached hydrogen (secondary N) is 1. The molecule has 6 heteroatoms. The number of aryl methyl sites for hydroxylation is 1. The van der Waals surface area contributed by atoms with Crippen molar-refractivity contribution >= 4 is 17.5 Å². The van der Waals surface area contributed by atoms with Gasteiger partial charge in [0.1, 0.15) is 11.6 Å². The summed E-state index contributed by atoms with van der Waals surface area (Å²) in [5, 5.41) is 2.71. The van der Waals surface area contributed by atoms with Crippen molar-refractivity contribution in [3.05, 3.63) is 53.7 Å². The van der Waals surface area contributed by atoms with E-state index in [2.05, 4.69) is 5.32 Å². The molecular formula is C17H17FN2O3. The standard InChI is InChI=1S/C17H17FN2O3/c1-11-4-5-13(18)8-15(11)19-17(22)12-7-16(21)20(9-12)10-14-3-2-6-23-14/h2-6,8,12H,7,9-10H2,1H3,(H,19,22). The van der Waals surface area contributed by atoms with Crippen molar-refractivity contribution in [3.8, 4) is 0 Å². The van der Waals surface area contributed by atoms with Crippen molar-refractivity contribution in [1.29, 1.82) is 0 Å². The lowest BCUT2D eigenvalue weighted by Gasteiger charge is -2.15. The molecule has 1 saturated heterocycles. The molecule has 2 heterocycles. The van der Waals surface area contributed by atoms with Gasteiger partial charge in [-0.05, 0) is 36.8 Å². The molecule has 0 aliphatic carbocycles. The Hall–Kier alpha value is -2.63. The molecule has 0 bridgehead atoms. The molecule has 5 nitrogen and oxygen atoms in total. The van der Waals surface area contributed by atoms with Crippen LogP contribution in [0.4, 0.5) is 10.1 Å². The molecule has 1 aliphatic rings. The van der Waals surface area contributed by atoms with Crippen LogP contribution in [0.15, 0.2) is 41.0 Å². The third-order valence-corrected chi connectivity index (χ3v) is 3.97. The number of rotatable bonds is 4. The van der Waals surface area contributed by atoms with Crippen molar-refractivity contribution in [2.24, 2.45) is 5.92 Å². The lowest BCUT2D eigenvalue weighted by atomic mass is 10.1. The highest BCUT2D eigenvalue weighted by Crippen LogP contribution is 2.23. The molecule has 1 N–H and O–H groups in total. The number of nitrogens with zero attached hydrogens (tertiary/aromatic N) is 1. The van der Waals surface area contributed by atoms with E-state index in [4.69, 9.17) is 4.42 Å². The van der Waals surface area contributed by atoms with Crippen LogP contribution in [0.2, 0.25) is 0 Å². The lowest BCUT2D eigenvalue weighted by molar-refractivity contribution is -0.128. The van der Waals surface area contributed by atoms with Crippen LogP contribution in [0.3, 0.4) is 0 Å². The van der Waals surface area contributed by atoms with Gasteiger partial charge in [0.2, 0.25) is 11.8 Å². The highest BCUT2D eigenvalue weighted by atomic mass is 19.1. The van der Waals surface area contributed by atoms with E-state index in [1.165, 1.54) is 12.1 Å². The second kappa shape index (κ2) is 6.24. The second-order valence-electron chi connectivity index (χ2n) is 5.70. The van der Waals surface area contributed by atoms with Crippen LogP contribution in [-0.2, 0) is 16.1 Å². The highest BCUT2D eigenvalue weighted by molar-refractivity contribution is 5.97. The number of furan rings is 1. The zero-order valence-electron chi connectivity index (χ0n) is 12.7. The maximum absolute atomic E-state index is 13.3. The van der Waals surface area contributed by atoms with Crippen LogP contribution in [0, 0.1) is 18.7 Å². The van der Waals surface area contributed by atoms with E-state index >= 15 is 0 Å². The highest BCUT2D eigenvalue weighted by Gasteiger charge is 2.34. The SMILES string of the molecule is Cc1ccc(F)cc1NC(=O)C1CC(=O)N(Cc2ccco2)C1. The number of hydrogen-bond donors (Lipinski definition) is 1. The van der Waals surface area contributed by atoms with Crippen LogP contribution < -0.4 is 5.32 Å². The molecule has 2 amide bonds. The van der Waals surface area contributed by atoms with Gasteiger partial charge in [0.15, 0.2) is 0 Å². The number of hydrogen-bond acceptors (Lipinski definition) is 3. The minimum atomic E-state index is -0.444. The number of carbonyl (C=O) groups excluding carboxylic acids is 2. The Morgan fingerprint density at radius 1 is 1.43 bits per heavy atom. The van der Waals surface area contributed by atoms with E-state index in [1.807, 2.05) is 0 Å². The summed E-state index contributed by atoms with van der Waals surface area (Å²) in [7, 11) is 0. The van der Waals surface area contributed by atoms with Crippen LogP contribution >= 0.6 is 0 Å². The second-order valence-corrected chi connectivity index (χ2v) is 5.70. The maximum Gasteiger partial charge on any atom is 0.229 e. The van der Waals surface area contributed by atoms with Crippen LogP contribution in [0.1, 0.15) is 17.7 Å². The largest absolute Gasteiger partial charge is 0.467 e. The molecule has 1 fully saturated rings. The number of benzene rings is 1. The Morgan fingerprint density at radius 3 is 3.00 bits per heavy atom. The smallest absolute Gasteiger partial charge is 0.229 e. The lowest BCUT2D eigenvalue weighted by Crippen LogP contribution is -2.28. The van der Waals surface area contributed by atoms with Crippen LogP contribution in [0.5, 0.6) is 0 Å². The average Bonchev–Trinajstić information content (AvgIpc) is 3.14. The monoisotopic (exact) mass is 316 g/mol. The molecule has 120 valence electrons. The predicted octanol–water partition coefficient (Wildman–Crippen LogP) is 2.71. The topological polar surface area (TPSA) is 62.6 Å². The average molecular weight is 316 g/mol. The zero-order chi connectivity index (χ0) is 16.4. The first kappa shape index (κ1) is 15.3. The molecule has 1 unspecified atom stereocenters. The molecule has 23 heavy (non-hydrogen) atoms. The van der Waals surface area contributed by atoms with Crippen LogP contribution in [-0.4, -0.2) is 23.3 Å². The number of carbonyl (C=O) groups is 2. The Morgan fingerprint density at radius 2 is 2.26 bits per heavy atom. The number of amides is 2. The summed E-state index contributed by atoms with van der Waals surface area (Å²) in [6.45, 7) is 2.48. The summed E-state index contributed by atoms with van der Waals surface area (Å²) < 4.78 is 18.5. The first-order valence-electron chi connectivity index (χ1n) is 7.40. The van der Waals surface area contributed by atoms with Gasteiger partial charge in [0.25, 0.3) is 0 Å². The van der Waals surface area contributed by atoms with E-state index < -0.39 is 11.7 Å². The van der Waals surface area contributed by atoms with Gasteiger partial charge < -0.3 is 14.6 Å². The Bertz CT molecular complexity index is 727. The van der Waals surface area contributed by atoms with E-state index in [9.17, 15) is 14.0 Å². The molecule has 1 aliphatic heterocycles. The first-order chi connectivity index (χ1) is 11.0. The first-order valence-corrected chi connectivity index (χ1v) is 7.40. The third-order valence-electron chi connectivity index (χ3n) is 3.97. The van der Waals surface area contributed by atoms with Gasteiger partial charge in [-0.15, -0.1) is 0 Å². The van der Waals surface area contributed by atoms with Gasteiger partial charge in [-0.1, -0.05) is 6.07 Å².